The number of rotatable bonds is 4. The molecule has 6 nitrogen and oxygen atoms in total. The molecule has 0 atom stereocenters. The molecule has 0 unspecified atom stereocenters. The fourth-order valence-corrected chi connectivity index (χ4v) is 2.87. The van der Waals surface area contributed by atoms with Gasteiger partial charge in [0.15, 0.2) is 0 Å². The van der Waals surface area contributed by atoms with E-state index in [1.807, 2.05) is 28.8 Å². The lowest BCUT2D eigenvalue weighted by Crippen LogP contribution is -2.10. The first-order chi connectivity index (χ1) is 10.1. The molecule has 0 aliphatic carbocycles. The predicted molar refractivity (Wildman–Crippen MR) is 78.6 cm³/mol. The molecule has 3 N–H and O–H groups in total. The summed E-state index contributed by atoms with van der Waals surface area (Å²) in [6.07, 6.45) is 1.67. The van der Waals surface area contributed by atoms with Crippen LogP contribution in [-0.2, 0) is 6.54 Å². The highest BCUT2D eigenvalue weighted by molar-refractivity contribution is 7.11. The molecule has 2 heterocycles. The van der Waals surface area contributed by atoms with Gasteiger partial charge in [0.25, 0.3) is 5.91 Å². The molecule has 0 saturated heterocycles. The van der Waals surface area contributed by atoms with Crippen molar-refractivity contribution >= 4 is 34.1 Å². The average Bonchev–Trinajstić information content (AvgIpc) is 3.05. The summed E-state index contributed by atoms with van der Waals surface area (Å²) in [6.45, 7) is 0.386. The molecule has 0 radical (unpaired) electrons. The number of carbonyl (C=O) groups excluding carboxylic acids is 1. The highest BCUT2D eigenvalue weighted by Gasteiger charge is 2.14. The largest absolute Gasteiger partial charge is 0.476 e. The molecule has 1 aromatic carbocycles. The van der Waals surface area contributed by atoms with Gasteiger partial charge in [0.05, 0.1) is 17.8 Å². The minimum atomic E-state index is -1.04. The molecule has 0 saturated carbocycles. The van der Waals surface area contributed by atoms with Crippen LogP contribution in [0, 0.1) is 0 Å². The Bertz CT molecular complexity index is 850. The zero-order chi connectivity index (χ0) is 15.0. The van der Waals surface area contributed by atoms with Crippen LogP contribution in [0.15, 0.2) is 35.8 Å². The van der Waals surface area contributed by atoms with Gasteiger partial charge in [-0.3, -0.25) is 4.79 Å². The zero-order valence-electron chi connectivity index (χ0n) is 10.8. The third-order valence-electron chi connectivity index (χ3n) is 3.12. The number of fused-ring (bicyclic) bond motifs is 1. The van der Waals surface area contributed by atoms with Crippen LogP contribution in [0.5, 0.6) is 0 Å². The molecule has 1 amide bonds. The summed E-state index contributed by atoms with van der Waals surface area (Å²) in [6, 6.07) is 7.42. The minimum Gasteiger partial charge on any atom is -0.476 e. The van der Waals surface area contributed by atoms with Crippen molar-refractivity contribution in [2.75, 3.05) is 0 Å². The van der Waals surface area contributed by atoms with Crippen molar-refractivity contribution < 1.29 is 14.7 Å². The molecule has 0 fully saturated rings. The second-order valence-corrected chi connectivity index (χ2v) is 5.36. The number of carboxylic acids is 1. The van der Waals surface area contributed by atoms with E-state index in [0.717, 1.165) is 22.2 Å². The summed E-state index contributed by atoms with van der Waals surface area (Å²) in [4.78, 5) is 26.4. The van der Waals surface area contributed by atoms with E-state index in [-0.39, 0.29) is 5.01 Å². The Morgan fingerprint density at radius 2 is 2.10 bits per heavy atom. The number of hydrogen-bond donors (Lipinski definition) is 2. The number of primary amides is 1. The van der Waals surface area contributed by atoms with Gasteiger partial charge in [0.1, 0.15) is 0 Å². The lowest BCUT2D eigenvalue weighted by Gasteiger charge is -2.02. The second-order valence-electron chi connectivity index (χ2n) is 4.50. The van der Waals surface area contributed by atoms with E-state index in [4.69, 9.17) is 10.8 Å². The second kappa shape index (κ2) is 5.02. The maximum absolute atomic E-state index is 11.5. The van der Waals surface area contributed by atoms with Crippen molar-refractivity contribution in [1.29, 1.82) is 0 Å². The number of amides is 1. The number of nitrogens with zero attached hydrogens (tertiary/aromatic N) is 2. The molecule has 7 heteroatoms. The van der Waals surface area contributed by atoms with Crippen molar-refractivity contribution in [3.05, 3.63) is 52.1 Å². The third kappa shape index (κ3) is 2.38. The Hall–Kier alpha value is -2.67. The smallest absolute Gasteiger partial charge is 0.365 e. The number of aromatic nitrogens is 2. The molecule has 0 spiro atoms. The number of hydrogen-bond acceptors (Lipinski definition) is 4. The van der Waals surface area contributed by atoms with Crippen molar-refractivity contribution in [3.8, 4) is 0 Å². The minimum absolute atomic E-state index is 0.0524. The number of aromatic carboxylic acids is 1. The SMILES string of the molecule is NC(=O)c1cn(Cc2csc(C(=O)O)n2)c2ccccc12. The highest BCUT2D eigenvalue weighted by Crippen LogP contribution is 2.22. The number of nitrogens with two attached hydrogens (primary N) is 1. The molecule has 2 aromatic heterocycles. The van der Waals surface area contributed by atoms with Gasteiger partial charge in [-0.1, -0.05) is 18.2 Å². The maximum Gasteiger partial charge on any atom is 0.365 e. The summed E-state index contributed by atoms with van der Waals surface area (Å²) in [5.41, 5.74) is 7.32. The van der Waals surface area contributed by atoms with Crippen LogP contribution in [0.25, 0.3) is 10.9 Å². The highest BCUT2D eigenvalue weighted by atomic mass is 32.1. The summed E-state index contributed by atoms with van der Waals surface area (Å²) >= 11 is 1.08. The Kier molecular flexibility index (Phi) is 3.19. The van der Waals surface area contributed by atoms with Crippen molar-refractivity contribution in [2.24, 2.45) is 5.73 Å². The Morgan fingerprint density at radius 1 is 1.33 bits per heavy atom. The zero-order valence-corrected chi connectivity index (χ0v) is 11.6. The van der Waals surface area contributed by atoms with E-state index >= 15 is 0 Å². The van der Waals surface area contributed by atoms with Gasteiger partial charge in [-0.2, -0.15) is 0 Å². The van der Waals surface area contributed by atoms with Crippen molar-refractivity contribution in [1.82, 2.24) is 9.55 Å². The fraction of sp³-hybridized carbons (Fsp3) is 0.0714. The van der Waals surface area contributed by atoms with Crippen LogP contribution in [0.4, 0.5) is 0 Å². The molecule has 106 valence electrons. The van der Waals surface area contributed by atoms with E-state index < -0.39 is 11.9 Å². The van der Waals surface area contributed by atoms with Crippen molar-refractivity contribution in [3.63, 3.8) is 0 Å². The molecule has 0 aliphatic rings. The Labute approximate surface area is 123 Å². The first-order valence-corrected chi connectivity index (χ1v) is 6.99. The third-order valence-corrected chi connectivity index (χ3v) is 4.00. The van der Waals surface area contributed by atoms with Gasteiger partial charge < -0.3 is 15.4 Å². The molecular formula is C14H11N3O3S. The van der Waals surface area contributed by atoms with Gasteiger partial charge in [-0.05, 0) is 6.07 Å². The topological polar surface area (TPSA) is 98.2 Å². The van der Waals surface area contributed by atoms with Gasteiger partial charge in [-0.15, -0.1) is 11.3 Å². The van der Waals surface area contributed by atoms with E-state index in [9.17, 15) is 9.59 Å². The number of benzene rings is 1. The van der Waals surface area contributed by atoms with Crippen LogP contribution < -0.4 is 5.73 Å². The van der Waals surface area contributed by atoms with Gasteiger partial charge in [0.2, 0.25) is 5.01 Å². The molecule has 21 heavy (non-hydrogen) atoms. The molecule has 0 bridgehead atoms. The maximum atomic E-state index is 11.5. The Morgan fingerprint density at radius 3 is 2.76 bits per heavy atom. The van der Waals surface area contributed by atoms with Gasteiger partial charge in [0, 0.05) is 22.5 Å². The summed E-state index contributed by atoms with van der Waals surface area (Å²) in [5.74, 6) is -1.53. The summed E-state index contributed by atoms with van der Waals surface area (Å²) in [5, 5.41) is 11.4. The molecule has 3 rings (SSSR count). The molecule has 3 aromatic rings. The van der Waals surface area contributed by atoms with E-state index in [0.29, 0.717) is 17.8 Å². The first kappa shape index (κ1) is 13.3. The normalized spacial score (nSPS) is 10.9. The monoisotopic (exact) mass is 301 g/mol. The summed E-state index contributed by atoms with van der Waals surface area (Å²) < 4.78 is 1.84. The van der Waals surface area contributed by atoms with Gasteiger partial charge in [-0.25, -0.2) is 9.78 Å². The lowest BCUT2D eigenvalue weighted by atomic mass is 10.2. The number of carbonyl (C=O) groups is 2. The van der Waals surface area contributed by atoms with Crippen LogP contribution in [0.3, 0.4) is 0 Å². The fourth-order valence-electron chi connectivity index (χ4n) is 2.23. The number of para-hydroxylation sites is 1. The summed E-state index contributed by atoms with van der Waals surface area (Å²) in [7, 11) is 0. The van der Waals surface area contributed by atoms with Gasteiger partial charge >= 0.3 is 5.97 Å². The van der Waals surface area contributed by atoms with Crippen LogP contribution in [0.1, 0.15) is 25.9 Å². The lowest BCUT2D eigenvalue weighted by molar-refractivity contribution is 0.0696. The average molecular weight is 301 g/mol. The van der Waals surface area contributed by atoms with Crippen LogP contribution >= 0.6 is 11.3 Å². The van der Waals surface area contributed by atoms with Crippen LogP contribution in [-0.4, -0.2) is 26.5 Å². The van der Waals surface area contributed by atoms with E-state index in [1.165, 1.54) is 0 Å². The number of thiazole rings is 1. The van der Waals surface area contributed by atoms with E-state index in [2.05, 4.69) is 4.98 Å². The molecular weight excluding hydrogens is 290 g/mol. The molecule has 0 aliphatic heterocycles. The first-order valence-electron chi connectivity index (χ1n) is 6.11. The predicted octanol–water partition coefficient (Wildman–Crippen LogP) is 1.94. The Balaban J connectivity index is 2.04. The standard InChI is InChI=1S/C14H11N3O3S/c15-12(18)10-6-17(11-4-2-1-3-9(10)11)5-8-7-21-13(16-8)14(19)20/h1-4,6-7H,5H2,(H2,15,18)(H,19,20). The van der Waals surface area contributed by atoms with Crippen LogP contribution in [0.2, 0.25) is 0 Å². The quantitative estimate of drug-likeness (QED) is 0.769. The van der Waals surface area contributed by atoms with Crippen molar-refractivity contribution in [2.45, 2.75) is 6.54 Å². The van der Waals surface area contributed by atoms with E-state index in [1.54, 1.807) is 11.6 Å². The number of carboxylic acid groups (broad SMARTS) is 1.